The maximum Gasteiger partial charge on any atom is 0.277 e. The molecule has 0 fully saturated rings. The van der Waals surface area contributed by atoms with Gasteiger partial charge in [0.1, 0.15) is 11.6 Å². The molecule has 3 N–H and O–H groups in total. The van der Waals surface area contributed by atoms with Crippen molar-refractivity contribution in [1.29, 1.82) is 5.26 Å². The van der Waals surface area contributed by atoms with Gasteiger partial charge < -0.3 is 20.5 Å². The topological polar surface area (TPSA) is 118 Å². The SMILES string of the molecule is CC(=O)N(C(=O)/C(C#N)=C\NCc1ccc2c(c1)OCO2)c1ccc(N)cc1. The van der Waals surface area contributed by atoms with Crippen molar-refractivity contribution in [3.8, 4) is 17.6 Å². The van der Waals surface area contributed by atoms with Crippen molar-refractivity contribution in [2.45, 2.75) is 13.5 Å². The molecular weight excluding hydrogens is 360 g/mol. The number of nitrogen functional groups attached to an aromatic ring is 1. The van der Waals surface area contributed by atoms with Crippen LogP contribution < -0.4 is 25.4 Å². The van der Waals surface area contributed by atoms with Crippen molar-refractivity contribution >= 4 is 23.2 Å². The molecule has 1 aliphatic rings. The average Bonchev–Trinajstić information content (AvgIpc) is 3.14. The van der Waals surface area contributed by atoms with Crippen LogP contribution in [0.4, 0.5) is 11.4 Å². The van der Waals surface area contributed by atoms with Gasteiger partial charge in [-0.1, -0.05) is 6.07 Å². The Bertz CT molecular complexity index is 977. The van der Waals surface area contributed by atoms with Gasteiger partial charge in [-0.25, -0.2) is 4.90 Å². The number of benzene rings is 2. The first kappa shape index (κ1) is 18.8. The molecule has 0 aromatic heterocycles. The molecule has 0 saturated heterocycles. The van der Waals surface area contributed by atoms with Crippen molar-refractivity contribution in [3.05, 3.63) is 59.8 Å². The highest BCUT2D eigenvalue weighted by atomic mass is 16.7. The van der Waals surface area contributed by atoms with E-state index in [4.69, 9.17) is 15.2 Å². The monoisotopic (exact) mass is 378 g/mol. The number of anilines is 2. The van der Waals surface area contributed by atoms with Crippen LogP contribution in [0.25, 0.3) is 0 Å². The Morgan fingerprint density at radius 2 is 1.93 bits per heavy atom. The molecule has 0 spiro atoms. The van der Waals surface area contributed by atoms with Crippen LogP contribution in [-0.4, -0.2) is 18.6 Å². The van der Waals surface area contributed by atoms with Crippen molar-refractivity contribution in [3.63, 3.8) is 0 Å². The minimum atomic E-state index is -0.724. The quantitative estimate of drug-likeness (QED) is 0.464. The number of hydrogen-bond donors (Lipinski definition) is 2. The predicted octanol–water partition coefficient (Wildman–Crippen LogP) is 2.07. The van der Waals surface area contributed by atoms with Crippen molar-refractivity contribution in [1.82, 2.24) is 5.32 Å². The zero-order valence-corrected chi connectivity index (χ0v) is 15.1. The zero-order chi connectivity index (χ0) is 20.1. The summed E-state index contributed by atoms with van der Waals surface area (Å²) >= 11 is 0. The van der Waals surface area contributed by atoms with E-state index < -0.39 is 11.8 Å². The fourth-order valence-corrected chi connectivity index (χ4v) is 2.65. The maximum absolute atomic E-state index is 12.7. The standard InChI is InChI=1S/C20H18N4O4/c1-13(25)24(17-5-3-16(22)4-6-17)20(26)15(9-21)11-23-10-14-2-7-18-19(8-14)28-12-27-18/h2-8,11,23H,10,12,22H2,1H3/b15-11-. The van der Waals surface area contributed by atoms with E-state index in [1.54, 1.807) is 30.3 Å². The van der Waals surface area contributed by atoms with E-state index in [-0.39, 0.29) is 12.4 Å². The number of fused-ring (bicyclic) bond motifs is 1. The summed E-state index contributed by atoms with van der Waals surface area (Å²) in [5.41, 5.74) is 7.16. The Morgan fingerprint density at radius 1 is 1.21 bits per heavy atom. The van der Waals surface area contributed by atoms with E-state index in [0.29, 0.717) is 29.4 Å². The van der Waals surface area contributed by atoms with Crippen LogP contribution in [0.5, 0.6) is 11.5 Å². The van der Waals surface area contributed by atoms with Gasteiger partial charge in [-0.2, -0.15) is 5.26 Å². The molecule has 0 saturated carbocycles. The first-order valence-corrected chi connectivity index (χ1v) is 8.42. The second kappa shape index (κ2) is 8.14. The van der Waals surface area contributed by atoms with E-state index in [2.05, 4.69) is 5.32 Å². The van der Waals surface area contributed by atoms with E-state index in [9.17, 15) is 14.9 Å². The number of carbonyl (C=O) groups excluding carboxylic acids is 2. The third-order valence-electron chi connectivity index (χ3n) is 4.01. The van der Waals surface area contributed by atoms with Gasteiger partial charge in [-0.3, -0.25) is 9.59 Å². The fraction of sp³-hybridized carbons (Fsp3) is 0.150. The van der Waals surface area contributed by atoms with Crippen molar-refractivity contribution in [2.75, 3.05) is 17.4 Å². The number of nitrogens with one attached hydrogen (secondary N) is 1. The third-order valence-corrected chi connectivity index (χ3v) is 4.01. The number of nitrogens with zero attached hydrogens (tertiary/aromatic N) is 2. The average molecular weight is 378 g/mol. The summed E-state index contributed by atoms with van der Waals surface area (Å²) in [4.78, 5) is 25.6. The molecule has 2 aromatic rings. The number of hydrogen-bond acceptors (Lipinski definition) is 7. The molecule has 2 aromatic carbocycles. The van der Waals surface area contributed by atoms with E-state index in [1.807, 2.05) is 18.2 Å². The molecule has 8 heteroatoms. The number of amides is 2. The van der Waals surface area contributed by atoms with Gasteiger partial charge in [0.05, 0.1) is 5.69 Å². The first-order chi connectivity index (χ1) is 13.5. The van der Waals surface area contributed by atoms with Crippen LogP contribution in [0.1, 0.15) is 12.5 Å². The molecule has 0 atom stereocenters. The molecule has 8 nitrogen and oxygen atoms in total. The number of nitrogens with two attached hydrogens (primary N) is 1. The lowest BCUT2D eigenvalue weighted by Gasteiger charge is -2.19. The van der Waals surface area contributed by atoms with Gasteiger partial charge in [0.25, 0.3) is 5.91 Å². The first-order valence-electron chi connectivity index (χ1n) is 8.42. The third kappa shape index (κ3) is 4.04. The summed E-state index contributed by atoms with van der Waals surface area (Å²) in [6.07, 6.45) is 1.29. The number of nitriles is 1. The Morgan fingerprint density at radius 3 is 2.61 bits per heavy atom. The van der Waals surface area contributed by atoms with Crippen LogP contribution in [0.15, 0.2) is 54.2 Å². The fourth-order valence-electron chi connectivity index (χ4n) is 2.65. The molecule has 1 aliphatic heterocycles. The molecule has 2 amide bonds. The van der Waals surface area contributed by atoms with Crippen molar-refractivity contribution < 1.29 is 19.1 Å². The summed E-state index contributed by atoms with van der Waals surface area (Å²) in [7, 11) is 0. The minimum absolute atomic E-state index is 0.186. The van der Waals surface area contributed by atoms with Crippen LogP contribution in [0.3, 0.4) is 0 Å². The highest BCUT2D eigenvalue weighted by Crippen LogP contribution is 2.32. The number of imide groups is 1. The van der Waals surface area contributed by atoms with Gasteiger partial charge in [0, 0.05) is 25.4 Å². The number of rotatable bonds is 5. The minimum Gasteiger partial charge on any atom is -0.454 e. The van der Waals surface area contributed by atoms with Gasteiger partial charge in [-0.05, 0) is 42.0 Å². The second-order valence-corrected chi connectivity index (χ2v) is 5.99. The molecule has 28 heavy (non-hydrogen) atoms. The summed E-state index contributed by atoms with van der Waals surface area (Å²) in [5.74, 6) is 0.0865. The summed E-state index contributed by atoms with van der Waals surface area (Å²) < 4.78 is 10.6. The van der Waals surface area contributed by atoms with Crippen LogP contribution >= 0.6 is 0 Å². The van der Waals surface area contributed by atoms with Crippen LogP contribution in [0, 0.1) is 11.3 Å². The largest absolute Gasteiger partial charge is 0.454 e. The number of ether oxygens (including phenoxy) is 2. The highest BCUT2D eigenvalue weighted by Gasteiger charge is 2.24. The number of carbonyl (C=O) groups is 2. The van der Waals surface area contributed by atoms with Gasteiger partial charge in [-0.15, -0.1) is 0 Å². The Balaban J connectivity index is 1.73. The van der Waals surface area contributed by atoms with Gasteiger partial charge in [0.15, 0.2) is 11.5 Å². The zero-order valence-electron chi connectivity index (χ0n) is 15.1. The molecule has 0 bridgehead atoms. The molecule has 0 aliphatic carbocycles. The van der Waals surface area contributed by atoms with Crippen LogP contribution in [0.2, 0.25) is 0 Å². The van der Waals surface area contributed by atoms with Crippen molar-refractivity contribution in [2.24, 2.45) is 0 Å². The highest BCUT2D eigenvalue weighted by molar-refractivity contribution is 6.21. The Hall–Kier alpha value is -3.99. The molecule has 3 rings (SSSR count). The summed E-state index contributed by atoms with van der Waals surface area (Å²) in [5, 5.41) is 12.3. The molecule has 1 heterocycles. The predicted molar refractivity (Wildman–Crippen MR) is 102 cm³/mol. The van der Waals surface area contributed by atoms with E-state index in [1.165, 1.54) is 13.1 Å². The smallest absolute Gasteiger partial charge is 0.277 e. The van der Waals surface area contributed by atoms with Crippen LogP contribution in [-0.2, 0) is 16.1 Å². The molecule has 0 unspecified atom stereocenters. The van der Waals surface area contributed by atoms with E-state index in [0.717, 1.165) is 10.5 Å². The molecular formula is C20H18N4O4. The Kier molecular flexibility index (Phi) is 5.46. The van der Waals surface area contributed by atoms with Gasteiger partial charge in [0.2, 0.25) is 12.7 Å². The Labute approximate surface area is 161 Å². The molecule has 142 valence electrons. The summed E-state index contributed by atoms with van der Waals surface area (Å²) in [6, 6.07) is 13.5. The summed E-state index contributed by atoms with van der Waals surface area (Å²) in [6.45, 7) is 1.80. The second-order valence-electron chi connectivity index (χ2n) is 5.99. The van der Waals surface area contributed by atoms with E-state index >= 15 is 0 Å². The maximum atomic E-state index is 12.7. The lowest BCUT2D eigenvalue weighted by Crippen LogP contribution is -2.36. The normalized spacial score (nSPS) is 12.2. The lowest BCUT2D eigenvalue weighted by atomic mass is 10.2. The van der Waals surface area contributed by atoms with Gasteiger partial charge >= 0.3 is 0 Å². The molecule has 0 radical (unpaired) electrons. The lowest BCUT2D eigenvalue weighted by molar-refractivity contribution is -0.123.